The van der Waals surface area contributed by atoms with Crippen LogP contribution in [0.1, 0.15) is 11.1 Å². The maximum absolute atomic E-state index is 5.58. The van der Waals surface area contributed by atoms with Crippen LogP contribution in [0.3, 0.4) is 0 Å². The van der Waals surface area contributed by atoms with E-state index in [4.69, 9.17) is 14.5 Å². The van der Waals surface area contributed by atoms with Gasteiger partial charge in [0.05, 0.1) is 11.4 Å². The maximum Gasteiger partial charge on any atom is 0.231 e. The van der Waals surface area contributed by atoms with Gasteiger partial charge in [0.2, 0.25) is 6.79 Å². The van der Waals surface area contributed by atoms with Gasteiger partial charge in [0.1, 0.15) is 17.5 Å². The van der Waals surface area contributed by atoms with E-state index in [0.717, 1.165) is 49.5 Å². The van der Waals surface area contributed by atoms with Crippen LogP contribution in [0, 0.1) is 0 Å². The topological polar surface area (TPSA) is 61.0 Å². The van der Waals surface area contributed by atoms with Crippen molar-refractivity contribution in [1.29, 1.82) is 0 Å². The Morgan fingerprint density at radius 3 is 2.74 bits per heavy atom. The minimum absolute atomic E-state index is 0.230. The lowest BCUT2D eigenvalue weighted by Gasteiger charge is -2.09. The molecule has 0 amide bonds. The maximum atomic E-state index is 5.58. The van der Waals surface area contributed by atoms with Crippen LogP contribution in [0.25, 0.3) is 16.8 Å². The zero-order chi connectivity index (χ0) is 18.0. The van der Waals surface area contributed by atoms with Crippen molar-refractivity contribution in [3.8, 4) is 22.8 Å². The molecule has 0 atom stereocenters. The molecule has 27 heavy (non-hydrogen) atoms. The molecular formula is C20H11BrN4O2. The third-order valence-corrected chi connectivity index (χ3v) is 5.47. The van der Waals surface area contributed by atoms with Gasteiger partial charge < -0.3 is 9.47 Å². The van der Waals surface area contributed by atoms with Gasteiger partial charge in [-0.2, -0.15) is 5.10 Å². The average molecular weight is 419 g/mol. The van der Waals surface area contributed by atoms with Crippen molar-refractivity contribution in [1.82, 2.24) is 14.6 Å². The van der Waals surface area contributed by atoms with Crippen molar-refractivity contribution in [3.63, 3.8) is 0 Å². The molecule has 2 aliphatic rings. The summed E-state index contributed by atoms with van der Waals surface area (Å²) in [6, 6.07) is 13.9. The van der Waals surface area contributed by atoms with Gasteiger partial charge in [0, 0.05) is 27.4 Å². The van der Waals surface area contributed by atoms with Crippen molar-refractivity contribution in [2.45, 2.75) is 0 Å². The standard InChI is InChI=1S/C20H11BrN4O2/c21-14-8-17-16(26-10-27-17)7-13(14)18-12-5-6-25-20(12)19(22-9-23-25)11-3-1-2-4-15(11)24-18/h1-9H,10H2. The van der Waals surface area contributed by atoms with Crippen molar-refractivity contribution in [2.75, 3.05) is 6.79 Å². The lowest BCUT2D eigenvalue weighted by Crippen LogP contribution is -2.04. The number of halogens is 1. The van der Waals surface area contributed by atoms with Gasteiger partial charge in [0.25, 0.3) is 0 Å². The van der Waals surface area contributed by atoms with Crippen molar-refractivity contribution in [2.24, 2.45) is 4.99 Å². The number of nitrogens with zero attached hydrogens (tertiary/aromatic N) is 4. The third-order valence-electron chi connectivity index (χ3n) is 4.82. The highest BCUT2D eigenvalue weighted by molar-refractivity contribution is 9.10. The van der Waals surface area contributed by atoms with Gasteiger partial charge in [-0.1, -0.05) is 18.2 Å². The highest BCUT2D eigenvalue weighted by atomic mass is 79.9. The molecule has 0 N–H and O–H groups in total. The molecule has 0 saturated carbocycles. The summed E-state index contributed by atoms with van der Waals surface area (Å²) in [7, 11) is 0. The van der Waals surface area contributed by atoms with E-state index in [0.29, 0.717) is 5.75 Å². The predicted octanol–water partition coefficient (Wildman–Crippen LogP) is 4.37. The Bertz CT molecular complexity index is 1280. The van der Waals surface area contributed by atoms with Gasteiger partial charge in [0.15, 0.2) is 11.5 Å². The molecule has 130 valence electrons. The first-order valence-electron chi connectivity index (χ1n) is 8.40. The smallest absolute Gasteiger partial charge is 0.231 e. The lowest BCUT2D eigenvalue weighted by atomic mass is 10.0. The van der Waals surface area contributed by atoms with E-state index in [2.05, 4.69) is 26.0 Å². The van der Waals surface area contributed by atoms with Gasteiger partial charge in [-0.05, 0) is 40.2 Å². The zero-order valence-electron chi connectivity index (χ0n) is 13.9. The number of benzene rings is 2. The van der Waals surface area contributed by atoms with E-state index in [-0.39, 0.29) is 6.79 Å². The summed E-state index contributed by atoms with van der Waals surface area (Å²) in [6.07, 6.45) is 3.50. The van der Waals surface area contributed by atoms with Crippen molar-refractivity contribution in [3.05, 3.63) is 70.6 Å². The van der Waals surface area contributed by atoms with E-state index < -0.39 is 0 Å². The molecule has 2 aromatic heterocycles. The molecule has 6 rings (SSSR count). The number of fused-ring (bicyclic) bond motifs is 3. The highest BCUT2D eigenvalue weighted by Crippen LogP contribution is 2.41. The summed E-state index contributed by atoms with van der Waals surface area (Å²) in [6.45, 7) is 0.230. The Morgan fingerprint density at radius 2 is 1.81 bits per heavy atom. The van der Waals surface area contributed by atoms with E-state index >= 15 is 0 Å². The summed E-state index contributed by atoms with van der Waals surface area (Å²) in [5.41, 5.74) is 6.40. The number of ether oxygens (including phenoxy) is 2. The molecule has 0 aliphatic carbocycles. The summed E-state index contributed by atoms with van der Waals surface area (Å²) in [4.78, 5) is 9.57. The van der Waals surface area contributed by atoms with Gasteiger partial charge in [-0.15, -0.1) is 0 Å². The van der Waals surface area contributed by atoms with E-state index in [1.807, 2.05) is 53.2 Å². The lowest BCUT2D eigenvalue weighted by molar-refractivity contribution is 0.174. The minimum atomic E-state index is 0.230. The zero-order valence-corrected chi connectivity index (χ0v) is 15.5. The molecule has 0 saturated heterocycles. The first kappa shape index (κ1) is 14.9. The summed E-state index contributed by atoms with van der Waals surface area (Å²) >= 11 is 3.67. The molecule has 0 bridgehead atoms. The second-order valence-electron chi connectivity index (χ2n) is 6.29. The van der Waals surface area contributed by atoms with E-state index in [1.54, 1.807) is 6.33 Å². The molecule has 0 spiro atoms. The van der Waals surface area contributed by atoms with Crippen LogP contribution in [-0.4, -0.2) is 27.1 Å². The van der Waals surface area contributed by atoms with Gasteiger partial charge in [-0.3, -0.25) is 0 Å². The molecule has 0 fully saturated rings. The normalized spacial score (nSPS) is 14.0. The van der Waals surface area contributed by atoms with Crippen LogP contribution >= 0.6 is 15.9 Å². The average Bonchev–Trinajstić information content (AvgIpc) is 3.29. The number of hydrogen-bond donors (Lipinski definition) is 0. The Kier molecular flexibility index (Phi) is 2.99. The molecule has 2 aliphatic heterocycles. The Morgan fingerprint density at radius 1 is 0.963 bits per heavy atom. The molecule has 0 radical (unpaired) electrons. The fourth-order valence-corrected chi connectivity index (χ4v) is 4.11. The number of aliphatic imine (C=N–C) groups is 1. The van der Waals surface area contributed by atoms with Crippen LogP contribution in [0.2, 0.25) is 0 Å². The summed E-state index contributed by atoms with van der Waals surface area (Å²) in [5, 5.41) is 4.36. The monoisotopic (exact) mass is 418 g/mol. The molecular weight excluding hydrogens is 408 g/mol. The minimum Gasteiger partial charge on any atom is -0.454 e. The quantitative estimate of drug-likeness (QED) is 0.405. The molecule has 0 unspecified atom stereocenters. The second-order valence-corrected chi connectivity index (χ2v) is 7.15. The highest BCUT2D eigenvalue weighted by Gasteiger charge is 2.26. The predicted molar refractivity (Wildman–Crippen MR) is 104 cm³/mol. The van der Waals surface area contributed by atoms with Crippen LogP contribution < -0.4 is 9.47 Å². The van der Waals surface area contributed by atoms with E-state index in [1.165, 1.54) is 0 Å². The van der Waals surface area contributed by atoms with Gasteiger partial charge in [-0.25, -0.2) is 14.5 Å². The third kappa shape index (κ3) is 2.09. The molecule has 4 aromatic rings. The SMILES string of the molecule is Brc1cc2c(cc1C1=Nc3ccccc3-c3ncnn4ccc1c34)OCO2. The molecule has 7 heteroatoms. The Labute approximate surface area is 162 Å². The molecule has 2 aromatic carbocycles. The molecule has 4 heterocycles. The van der Waals surface area contributed by atoms with E-state index in [9.17, 15) is 0 Å². The van der Waals surface area contributed by atoms with Gasteiger partial charge >= 0.3 is 0 Å². The van der Waals surface area contributed by atoms with Crippen LogP contribution in [-0.2, 0) is 0 Å². The van der Waals surface area contributed by atoms with Crippen molar-refractivity contribution >= 4 is 32.8 Å². The largest absolute Gasteiger partial charge is 0.454 e. The number of rotatable bonds is 1. The second kappa shape index (κ2) is 5.40. The first-order valence-corrected chi connectivity index (χ1v) is 9.19. The van der Waals surface area contributed by atoms with Crippen LogP contribution in [0.15, 0.2) is 64.5 Å². The fraction of sp³-hybridized carbons (Fsp3) is 0.0500. The number of hydrogen-bond acceptors (Lipinski definition) is 5. The first-order chi connectivity index (χ1) is 13.3. The fourth-order valence-electron chi connectivity index (χ4n) is 3.60. The summed E-state index contributed by atoms with van der Waals surface area (Å²) < 4.78 is 13.8. The number of para-hydroxylation sites is 1. The van der Waals surface area contributed by atoms with Crippen LogP contribution in [0.4, 0.5) is 5.69 Å². The van der Waals surface area contributed by atoms with Crippen molar-refractivity contribution < 1.29 is 9.47 Å². The number of aromatic nitrogens is 3. The Hall–Kier alpha value is -3.19. The summed E-state index contributed by atoms with van der Waals surface area (Å²) in [5.74, 6) is 1.44. The molecule has 6 nitrogen and oxygen atoms in total. The van der Waals surface area contributed by atoms with Crippen LogP contribution in [0.5, 0.6) is 11.5 Å². The Balaban J connectivity index is 1.72.